The zero-order valence-electron chi connectivity index (χ0n) is 14.2. The lowest BCUT2D eigenvalue weighted by molar-refractivity contribution is -0.141. The number of amides is 1. The number of rotatable bonds is 3. The maximum absolute atomic E-state index is 12.8. The highest BCUT2D eigenvalue weighted by Crippen LogP contribution is 2.33. The molecule has 0 aliphatic carbocycles. The SMILES string of the molecule is Cn1nc(C(F)(F)F)cc1-c1ccc(NC(=O)c2ccc(Cl)c(Cl)c2)nc1N. The minimum atomic E-state index is -4.58. The van der Waals surface area contributed by atoms with Crippen LogP contribution < -0.4 is 11.1 Å². The van der Waals surface area contributed by atoms with Crippen LogP contribution in [0, 0.1) is 0 Å². The summed E-state index contributed by atoms with van der Waals surface area (Å²) in [6.45, 7) is 0. The van der Waals surface area contributed by atoms with Crippen LogP contribution in [-0.4, -0.2) is 20.7 Å². The standard InChI is InChI=1S/C17H12Cl2F3N5O/c1-27-12(7-13(26-27)17(20,21)22)9-3-5-14(24-15(9)23)25-16(28)8-2-4-10(18)11(19)6-8/h2-7H,1H3,(H3,23,24,25,28). The van der Waals surface area contributed by atoms with Crippen molar-refractivity contribution in [2.24, 2.45) is 7.05 Å². The lowest BCUT2D eigenvalue weighted by atomic mass is 10.1. The van der Waals surface area contributed by atoms with Crippen LogP contribution in [0.1, 0.15) is 16.1 Å². The molecule has 0 saturated heterocycles. The number of nitrogen functional groups attached to an aromatic ring is 1. The fourth-order valence-electron chi connectivity index (χ4n) is 2.44. The molecule has 2 aromatic heterocycles. The van der Waals surface area contributed by atoms with Crippen molar-refractivity contribution >= 4 is 40.7 Å². The molecule has 0 unspecified atom stereocenters. The van der Waals surface area contributed by atoms with E-state index in [0.29, 0.717) is 5.02 Å². The Morgan fingerprint density at radius 3 is 2.43 bits per heavy atom. The van der Waals surface area contributed by atoms with Gasteiger partial charge in [-0.1, -0.05) is 23.2 Å². The van der Waals surface area contributed by atoms with E-state index < -0.39 is 17.8 Å². The minimum absolute atomic E-state index is 0.0661. The Labute approximate surface area is 167 Å². The summed E-state index contributed by atoms with van der Waals surface area (Å²) in [4.78, 5) is 16.3. The Balaban J connectivity index is 1.86. The quantitative estimate of drug-likeness (QED) is 0.634. The van der Waals surface area contributed by atoms with Crippen molar-refractivity contribution in [2.45, 2.75) is 6.18 Å². The number of alkyl halides is 3. The predicted octanol–water partition coefficient (Wildman–Crippen LogP) is 4.64. The molecule has 0 radical (unpaired) electrons. The number of carbonyl (C=O) groups excluding carboxylic acids is 1. The Morgan fingerprint density at radius 1 is 1.14 bits per heavy atom. The van der Waals surface area contributed by atoms with E-state index in [1.165, 1.54) is 37.4 Å². The van der Waals surface area contributed by atoms with Crippen LogP contribution >= 0.6 is 23.2 Å². The zero-order valence-corrected chi connectivity index (χ0v) is 15.7. The predicted molar refractivity (Wildman–Crippen MR) is 100 cm³/mol. The van der Waals surface area contributed by atoms with Gasteiger partial charge in [-0.25, -0.2) is 4.98 Å². The third kappa shape index (κ3) is 4.05. The Hall–Kier alpha value is -2.78. The molecule has 0 spiro atoms. The van der Waals surface area contributed by atoms with Crippen LogP contribution in [0.3, 0.4) is 0 Å². The molecule has 0 aliphatic heterocycles. The van der Waals surface area contributed by atoms with Gasteiger partial charge in [-0.3, -0.25) is 9.48 Å². The summed E-state index contributed by atoms with van der Waals surface area (Å²) >= 11 is 11.7. The smallest absolute Gasteiger partial charge is 0.383 e. The molecule has 0 aliphatic rings. The van der Waals surface area contributed by atoms with E-state index in [1.54, 1.807) is 0 Å². The van der Waals surface area contributed by atoms with E-state index in [2.05, 4.69) is 15.4 Å². The molecular weight excluding hydrogens is 418 g/mol. The second kappa shape index (κ2) is 7.33. The van der Waals surface area contributed by atoms with Crippen LogP contribution in [0.5, 0.6) is 0 Å². The lowest BCUT2D eigenvalue weighted by Crippen LogP contribution is -2.13. The number of aryl methyl sites for hydroxylation is 1. The van der Waals surface area contributed by atoms with Gasteiger partial charge in [0.2, 0.25) is 0 Å². The van der Waals surface area contributed by atoms with E-state index >= 15 is 0 Å². The number of nitrogens with two attached hydrogens (primary N) is 1. The number of carbonyl (C=O) groups is 1. The molecule has 0 atom stereocenters. The van der Waals surface area contributed by atoms with Gasteiger partial charge < -0.3 is 11.1 Å². The van der Waals surface area contributed by atoms with Crippen molar-refractivity contribution in [3.8, 4) is 11.3 Å². The first-order valence-corrected chi connectivity index (χ1v) is 8.46. The molecule has 3 rings (SSSR count). The fourth-order valence-corrected chi connectivity index (χ4v) is 2.74. The van der Waals surface area contributed by atoms with Crippen LogP contribution in [-0.2, 0) is 13.2 Å². The third-order valence-electron chi connectivity index (χ3n) is 3.79. The normalized spacial score (nSPS) is 11.5. The summed E-state index contributed by atoms with van der Waals surface area (Å²) < 4.78 is 39.6. The summed E-state index contributed by atoms with van der Waals surface area (Å²) in [5.74, 6) is -0.447. The van der Waals surface area contributed by atoms with Crippen molar-refractivity contribution in [1.82, 2.24) is 14.8 Å². The molecule has 6 nitrogen and oxygen atoms in total. The average molecular weight is 430 g/mol. The van der Waals surface area contributed by atoms with Crippen molar-refractivity contribution in [2.75, 3.05) is 11.1 Å². The molecule has 0 fully saturated rings. The van der Waals surface area contributed by atoms with Gasteiger partial charge in [-0.05, 0) is 36.4 Å². The number of hydrogen-bond acceptors (Lipinski definition) is 4. The Kier molecular flexibility index (Phi) is 5.22. The third-order valence-corrected chi connectivity index (χ3v) is 4.53. The van der Waals surface area contributed by atoms with Crippen molar-refractivity contribution < 1.29 is 18.0 Å². The number of pyridine rings is 1. The first kappa shape index (κ1) is 20.0. The van der Waals surface area contributed by atoms with Crippen molar-refractivity contribution in [3.05, 3.63) is 57.7 Å². The summed E-state index contributed by atoms with van der Waals surface area (Å²) in [6, 6.07) is 8.10. The van der Waals surface area contributed by atoms with Crippen LogP contribution in [0.4, 0.5) is 24.8 Å². The molecule has 3 aromatic rings. The summed E-state index contributed by atoms with van der Waals surface area (Å²) in [7, 11) is 1.37. The van der Waals surface area contributed by atoms with Crippen LogP contribution in [0.2, 0.25) is 10.0 Å². The van der Waals surface area contributed by atoms with Crippen molar-refractivity contribution in [1.29, 1.82) is 0 Å². The summed E-state index contributed by atoms with van der Waals surface area (Å²) in [6.07, 6.45) is -4.58. The molecule has 3 N–H and O–H groups in total. The maximum Gasteiger partial charge on any atom is 0.435 e. The van der Waals surface area contributed by atoms with Gasteiger partial charge in [0.25, 0.3) is 5.91 Å². The molecule has 0 bridgehead atoms. The van der Waals surface area contributed by atoms with E-state index in [1.807, 2.05) is 0 Å². The maximum atomic E-state index is 12.8. The summed E-state index contributed by atoms with van der Waals surface area (Å²) in [5, 5.41) is 6.50. The van der Waals surface area contributed by atoms with Crippen molar-refractivity contribution in [3.63, 3.8) is 0 Å². The number of aromatic nitrogens is 3. The zero-order chi connectivity index (χ0) is 20.6. The number of nitrogens with one attached hydrogen (secondary N) is 1. The molecular formula is C17H12Cl2F3N5O. The molecule has 28 heavy (non-hydrogen) atoms. The summed E-state index contributed by atoms with van der Waals surface area (Å²) in [5.41, 5.74) is 5.47. The van der Waals surface area contributed by atoms with Gasteiger partial charge in [0.15, 0.2) is 5.69 Å². The second-order valence-corrected chi connectivity index (χ2v) is 6.56. The highest BCUT2D eigenvalue weighted by molar-refractivity contribution is 6.42. The van der Waals surface area contributed by atoms with Gasteiger partial charge in [-0.2, -0.15) is 18.3 Å². The molecule has 1 aromatic carbocycles. The van der Waals surface area contributed by atoms with E-state index in [9.17, 15) is 18.0 Å². The van der Waals surface area contributed by atoms with Crippen LogP contribution in [0.25, 0.3) is 11.3 Å². The number of hydrogen-bond donors (Lipinski definition) is 2. The highest BCUT2D eigenvalue weighted by atomic mass is 35.5. The minimum Gasteiger partial charge on any atom is -0.383 e. The van der Waals surface area contributed by atoms with E-state index in [0.717, 1.165) is 10.7 Å². The van der Waals surface area contributed by atoms with Crippen LogP contribution in [0.15, 0.2) is 36.4 Å². The first-order chi connectivity index (χ1) is 13.1. The number of halogens is 5. The average Bonchev–Trinajstić information content (AvgIpc) is 2.99. The van der Waals surface area contributed by atoms with Gasteiger partial charge in [0.1, 0.15) is 11.6 Å². The van der Waals surface area contributed by atoms with E-state index in [4.69, 9.17) is 28.9 Å². The molecule has 146 valence electrons. The monoisotopic (exact) mass is 429 g/mol. The number of anilines is 2. The second-order valence-electron chi connectivity index (χ2n) is 5.75. The van der Waals surface area contributed by atoms with Gasteiger partial charge in [0, 0.05) is 18.2 Å². The molecule has 11 heteroatoms. The Bertz CT molecular complexity index is 1070. The highest BCUT2D eigenvalue weighted by Gasteiger charge is 2.35. The van der Waals surface area contributed by atoms with Gasteiger partial charge in [0.05, 0.1) is 15.7 Å². The number of nitrogens with zero attached hydrogens (tertiary/aromatic N) is 3. The fraction of sp³-hybridized carbons (Fsp3) is 0.118. The first-order valence-electron chi connectivity index (χ1n) is 7.71. The van der Waals surface area contributed by atoms with Gasteiger partial charge in [-0.15, -0.1) is 0 Å². The van der Waals surface area contributed by atoms with E-state index in [-0.39, 0.29) is 33.5 Å². The topological polar surface area (TPSA) is 85.8 Å². The Morgan fingerprint density at radius 2 is 1.86 bits per heavy atom. The largest absolute Gasteiger partial charge is 0.435 e. The molecule has 0 saturated carbocycles. The molecule has 1 amide bonds. The lowest BCUT2D eigenvalue weighted by Gasteiger charge is -2.09. The molecule has 2 heterocycles. The van der Waals surface area contributed by atoms with Gasteiger partial charge >= 0.3 is 6.18 Å². The number of benzene rings is 1.